The molecule has 8 nitrogen and oxygen atoms in total. The van der Waals surface area contributed by atoms with Crippen molar-refractivity contribution in [1.29, 1.82) is 0 Å². The van der Waals surface area contributed by atoms with Gasteiger partial charge in [0, 0.05) is 30.3 Å². The van der Waals surface area contributed by atoms with Crippen LogP contribution in [0.4, 0.5) is 5.82 Å². The molecule has 0 spiro atoms. The van der Waals surface area contributed by atoms with Gasteiger partial charge >= 0.3 is 0 Å². The van der Waals surface area contributed by atoms with E-state index in [1.807, 2.05) is 61.9 Å². The minimum atomic E-state index is -0.682. The first-order valence-electron chi connectivity index (χ1n) is 9.25. The van der Waals surface area contributed by atoms with E-state index >= 15 is 0 Å². The number of rotatable bonds is 5. The normalized spacial score (nSPS) is 16.0. The van der Waals surface area contributed by atoms with Gasteiger partial charge in [0.1, 0.15) is 5.82 Å². The lowest BCUT2D eigenvalue weighted by Gasteiger charge is -2.11. The van der Waals surface area contributed by atoms with E-state index in [2.05, 4.69) is 20.7 Å². The number of hydrogen-bond acceptors (Lipinski definition) is 5. The van der Waals surface area contributed by atoms with Crippen LogP contribution in [-0.4, -0.2) is 37.3 Å². The fourth-order valence-corrected chi connectivity index (χ4v) is 3.29. The van der Waals surface area contributed by atoms with Gasteiger partial charge in [-0.15, -0.1) is 0 Å². The summed E-state index contributed by atoms with van der Waals surface area (Å²) in [7, 11) is 0. The number of amides is 1. The number of para-hydroxylation sites is 1. The van der Waals surface area contributed by atoms with Gasteiger partial charge in [0.25, 0.3) is 5.91 Å². The predicted molar refractivity (Wildman–Crippen MR) is 106 cm³/mol. The smallest absolute Gasteiger partial charge is 0.269 e. The van der Waals surface area contributed by atoms with Gasteiger partial charge in [-0.25, -0.2) is 4.68 Å². The van der Waals surface area contributed by atoms with Crippen molar-refractivity contribution >= 4 is 17.4 Å². The van der Waals surface area contributed by atoms with E-state index < -0.39 is 6.10 Å². The first kappa shape index (κ1) is 18.0. The zero-order chi connectivity index (χ0) is 19.7. The van der Waals surface area contributed by atoms with Crippen molar-refractivity contribution in [3.8, 4) is 5.69 Å². The van der Waals surface area contributed by atoms with Crippen molar-refractivity contribution in [3.05, 3.63) is 59.5 Å². The van der Waals surface area contributed by atoms with Crippen molar-refractivity contribution in [2.24, 2.45) is 5.16 Å². The van der Waals surface area contributed by atoms with Crippen molar-refractivity contribution in [2.75, 3.05) is 5.32 Å². The van der Waals surface area contributed by atoms with E-state index in [1.54, 1.807) is 10.9 Å². The highest BCUT2D eigenvalue weighted by Crippen LogP contribution is 2.22. The van der Waals surface area contributed by atoms with E-state index in [-0.39, 0.29) is 5.91 Å². The van der Waals surface area contributed by atoms with Gasteiger partial charge in [0.15, 0.2) is 0 Å². The van der Waals surface area contributed by atoms with Crippen molar-refractivity contribution in [3.63, 3.8) is 0 Å². The number of benzene rings is 1. The Kier molecular flexibility index (Phi) is 4.68. The van der Waals surface area contributed by atoms with E-state index in [1.165, 1.54) is 0 Å². The summed E-state index contributed by atoms with van der Waals surface area (Å²) in [6, 6.07) is 11.5. The lowest BCUT2D eigenvalue weighted by Crippen LogP contribution is -2.29. The maximum absolute atomic E-state index is 12.8. The molecule has 3 heterocycles. The fraction of sp³-hybridized carbons (Fsp3) is 0.300. The number of aryl methyl sites for hydroxylation is 2. The summed E-state index contributed by atoms with van der Waals surface area (Å²) >= 11 is 0. The number of anilines is 1. The fourth-order valence-electron chi connectivity index (χ4n) is 3.29. The third kappa shape index (κ3) is 3.28. The van der Waals surface area contributed by atoms with Crippen molar-refractivity contribution in [1.82, 2.24) is 19.6 Å². The molecule has 0 radical (unpaired) electrons. The molecule has 0 aliphatic carbocycles. The molecule has 2 aromatic heterocycles. The molecule has 28 heavy (non-hydrogen) atoms. The molecule has 144 valence electrons. The number of hydrogen-bond donors (Lipinski definition) is 1. The van der Waals surface area contributed by atoms with Gasteiger partial charge < -0.3 is 10.2 Å². The van der Waals surface area contributed by atoms with Crippen LogP contribution in [0.5, 0.6) is 0 Å². The zero-order valence-corrected chi connectivity index (χ0v) is 16.1. The zero-order valence-electron chi connectivity index (χ0n) is 16.1. The molecule has 1 atom stereocenters. The van der Waals surface area contributed by atoms with Crippen LogP contribution in [0.15, 0.2) is 47.8 Å². The van der Waals surface area contributed by atoms with Crippen molar-refractivity contribution in [2.45, 2.75) is 39.8 Å². The molecule has 4 rings (SSSR count). The lowest BCUT2D eigenvalue weighted by atomic mass is 10.1. The molecule has 0 bridgehead atoms. The number of aromatic nitrogens is 4. The highest BCUT2D eigenvalue weighted by Gasteiger charge is 2.31. The number of carbonyl (C=O) groups is 1. The average molecular weight is 378 g/mol. The number of nitrogens with one attached hydrogen (secondary N) is 1. The molecule has 3 aromatic rings. The largest absolute Gasteiger partial charge is 0.382 e. The predicted octanol–water partition coefficient (Wildman–Crippen LogP) is 2.84. The van der Waals surface area contributed by atoms with Crippen LogP contribution >= 0.6 is 0 Å². The van der Waals surface area contributed by atoms with Crippen molar-refractivity contribution < 1.29 is 9.63 Å². The first-order chi connectivity index (χ1) is 13.6. The van der Waals surface area contributed by atoms with Gasteiger partial charge in [-0.1, -0.05) is 23.4 Å². The Balaban J connectivity index is 1.48. The molecule has 1 amide bonds. The van der Waals surface area contributed by atoms with Crippen LogP contribution in [0.2, 0.25) is 0 Å². The second-order valence-corrected chi connectivity index (χ2v) is 6.70. The second kappa shape index (κ2) is 7.30. The highest BCUT2D eigenvalue weighted by atomic mass is 16.6. The Labute approximate surface area is 162 Å². The Hall–Kier alpha value is -3.42. The van der Waals surface area contributed by atoms with Crippen LogP contribution in [0, 0.1) is 13.8 Å². The summed E-state index contributed by atoms with van der Waals surface area (Å²) in [6.07, 6.45) is 1.49. The topological polar surface area (TPSA) is 86.3 Å². The van der Waals surface area contributed by atoms with E-state index in [0.29, 0.717) is 12.2 Å². The van der Waals surface area contributed by atoms with Crippen LogP contribution in [-0.2, 0) is 16.2 Å². The van der Waals surface area contributed by atoms with Gasteiger partial charge in [-0.2, -0.15) is 10.2 Å². The SMILES string of the molecule is CCn1ncc(C2=NOC(C(=O)Nc3cc(C)nn3-c3ccccc3)C2)c1C. The van der Waals surface area contributed by atoms with Crippen LogP contribution in [0.25, 0.3) is 5.69 Å². The highest BCUT2D eigenvalue weighted by molar-refractivity contribution is 6.06. The second-order valence-electron chi connectivity index (χ2n) is 6.70. The Morgan fingerprint density at radius 3 is 2.79 bits per heavy atom. The lowest BCUT2D eigenvalue weighted by molar-refractivity contribution is -0.125. The summed E-state index contributed by atoms with van der Waals surface area (Å²) in [5.74, 6) is 0.345. The third-order valence-electron chi connectivity index (χ3n) is 4.76. The summed E-state index contributed by atoms with van der Waals surface area (Å²) in [4.78, 5) is 18.2. The molecule has 1 N–H and O–H groups in total. The molecule has 0 saturated heterocycles. The first-order valence-corrected chi connectivity index (χ1v) is 9.25. The molecule has 1 unspecified atom stereocenters. The minimum absolute atomic E-state index is 0.253. The van der Waals surface area contributed by atoms with Gasteiger partial charge in [-0.05, 0) is 32.9 Å². The summed E-state index contributed by atoms with van der Waals surface area (Å²) in [5, 5.41) is 15.8. The van der Waals surface area contributed by atoms with Gasteiger partial charge in [0.05, 0.1) is 23.3 Å². The Morgan fingerprint density at radius 1 is 1.29 bits per heavy atom. The summed E-state index contributed by atoms with van der Waals surface area (Å²) < 4.78 is 3.60. The molecule has 8 heteroatoms. The monoisotopic (exact) mass is 378 g/mol. The molecule has 1 aromatic carbocycles. The van der Waals surface area contributed by atoms with E-state index in [9.17, 15) is 4.79 Å². The molecule has 0 fully saturated rings. The van der Waals surface area contributed by atoms with Crippen LogP contribution < -0.4 is 5.32 Å². The maximum atomic E-state index is 12.8. The maximum Gasteiger partial charge on any atom is 0.269 e. The van der Waals surface area contributed by atoms with E-state index in [4.69, 9.17) is 4.84 Å². The standard InChI is InChI=1S/C20H22N6O2/c1-4-25-14(3)16(12-21-25)17-11-18(28-24-17)20(27)22-19-10-13(2)23-26(19)15-8-6-5-7-9-15/h5-10,12,18H,4,11H2,1-3H3,(H,22,27). The Bertz CT molecular complexity index is 1030. The molecular weight excluding hydrogens is 356 g/mol. The van der Waals surface area contributed by atoms with Gasteiger partial charge in [0.2, 0.25) is 6.10 Å². The number of oxime groups is 1. The van der Waals surface area contributed by atoms with E-state index in [0.717, 1.165) is 34.9 Å². The van der Waals surface area contributed by atoms with Crippen LogP contribution in [0.3, 0.4) is 0 Å². The molecular formula is C20H22N6O2. The quantitative estimate of drug-likeness (QED) is 0.740. The molecule has 1 aliphatic heterocycles. The Morgan fingerprint density at radius 2 is 2.07 bits per heavy atom. The summed E-state index contributed by atoms with van der Waals surface area (Å²) in [6.45, 7) is 6.69. The number of nitrogens with zero attached hydrogens (tertiary/aromatic N) is 5. The minimum Gasteiger partial charge on any atom is -0.382 e. The third-order valence-corrected chi connectivity index (χ3v) is 4.76. The molecule has 1 aliphatic rings. The molecule has 0 saturated carbocycles. The van der Waals surface area contributed by atoms with Crippen LogP contribution in [0.1, 0.15) is 30.3 Å². The van der Waals surface area contributed by atoms with Gasteiger partial charge in [-0.3, -0.25) is 9.48 Å². The summed E-state index contributed by atoms with van der Waals surface area (Å²) in [5.41, 5.74) is 4.36. The number of carbonyl (C=O) groups excluding carboxylic acids is 1. The average Bonchev–Trinajstić information content (AvgIpc) is 3.41.